The third-order valence-electron chi connectivity index (χ3n) is 5.63. The highest BCUT2D eigenvalue weighted by molar-refractivity contribution is 7.89. The lowest BCUT2D eigenvalue weighted by molar-refractivity contribution is -0.117. The fourth-order valence-corrected chi connectivity index (χ4v) is 5.64. The molecule has 2 fully saturated rings. The van der Waals surface area contributed by atoms with Gasteiger partial charge >= 0.3 is 0 Å². The van der Waals surface area contributed by atoms with E-state index in [1.54, 1.807) is 53.1 Å². The maximum Gasteiger partial charge on any atom is 0.250 e. The Morgan fingerprint density at radius 1 is 1.30 bits per heavy atom. The van der Waals surface area contributed by atoms with E-state index >= 15 is 0 Å². The number of hydrogen-bond acceptors (Lipinski definition) is 5. The lowest BCUT2D eigenvalue weighted by Gasteiger charge is -2.22. The van der Waals surface area contributed by atoms with Gasteiger partial charge in [0.25, 0.3) is 5.91 Å². The number of rotatable bonds is 7. The smallest absolute Gasteiger partial charge is 0.250 e. The zero-order valence-corrected chi connectivity index (χ0v) is 17.4. The third kappa shape index (κ3) is 4.23. The first-order valence-electron chi connectivity index (χ1n) is 9.91. The minimum absolute atomic E-state index is 0.0502. The summed E-state index contributed by atoms with van der Waals surface area (Å²) in [5, 5.41) is 6.06. The fraction of sp³-hybridized carbons (Fsp3) is 0.333. The number of amides is 1. The van der Waals surface area contributed by atoms with Crippen molar-refractivity contribution >= 4 is 22.0 Å². The van der Waals surface area contributed by atoms with E-state index < -0.39 is 10.0 Å². The van der Waals surface area contributed by atoms with Gasteiger partial charge in [0.05, 0.1) is 4.90 Å². The van der Waals surface area contributed by atoms with Crippen molar-refractivity contribution in [1.29, 1.82) is 0 Å². The number of nitrogens with one attached hydrogen (secondary N) is 3. The van der Waals surface area contributed by atoms with Crippen molar-refractivity contribution < 1.29 is 13.2 Å². The minimum Gasteiger partial charge on any atom is -0.348 e. The van der Waals surface area contributed by atoms with E-state index in [1.807, 2.05) is 0 Å². The molecule has 1 aromatic heterocycles. The molecule has 4 rings (SSSR count). The molecule has 1 aromatic carbocycles. The SMILES string of the molecule is C=C(/C=C\c1ncc[nH]1)C(=O)NCc1ccc(S(=O)(=O)N2CCC3CNCC32)cc1. The average molecular weight is 428 g/mol. The average Bonchev–Trinajstić information content (AvgIpc) is 3.48. The van der Waals surface area contributed by atoms with E-state index in [-0.39, 0.29) is 23.4 Å². The van der Waals surface area contributed by atoms with E-state index in [0.717, 1.165) is 18.5 Å². The van der Waals surface area contributed by atoms with E-state index in [1.165, 1.54) is 0 Å². The number of benzene rings is 1. The van der Waals surface area contributed by atoms with Gasteiger partial charge in [-0.1, -0.05) is 18.7 Å². The van der Waals surface area contributed by atoms with Crippen molar-refractivity contribution in [3.05, 3.63) is 66.3 Å². The highest BCUT2D eigenvalue weighted by Gasteiger charge is 2.43. The van der Waals surface area contributed by atoms with Crippen LogP contribution in [0.15, 0.2) is 59.8 Å². The van der Waals surface area contributed by atoms with Crippen molar-refractivity contribution in [1.82, 2.24) is 24.9 Å². The second-order valence-corrected chi connectivity index (χ2v) is 9.44. The standard InChI is InChI=1S/C21H25N5O3S/c1-15(2-7-20-23-9-10-24-20)21(27)25-12-16-3-5-18(6-4-16)30(28,29)26-11-8-17-13-22-14-19(17)26/h2-7,9-10,17,19,22H,1,8,11-14H2,(H,23,24)(H,25,27)/b7-2-. The summed E-state index contributed by atoms with van der Waals surface area (Å²) in [4.78, 5) is 19.4. The predicted molar refractivity (Wildman–Crippen MR) is 114 cm³/mol. The molecule has 8 nitrogen and oxygen atoms in total. The Balaban J connectivity index is 1.34. The second-order valence-electron chi connectivity index (χ2n) is 7.55. The monoisotopic (exact) mass is 427 g/mol. The van der Waals surface area contributed by atoms with Crippen LogP contribution < -0.4 is 10.6 Å². The van der Waals surface area contributed by atoms with Crippen molar-refractivity contribution in [3.8, 4) is 0 Å². The zero-order valence-electron chi connectivity index (χ0n) is 16.5. The van der Waals surface area contributed by atoms with Crippen LogP contribution in [0, 0.1) is 5.92 Å². The Labute approximate surface area is 176 Å². The molecule has 0 spiro atoms. The van der Waals surface area contributed by atoms with E-state index in [9.17, 15) is 13.2 Å². The first-order chi connectivity index (χ1) is 14.4. The van der Waals surface area contributed by atoms with Gasteiger partial charge in [-0.3, -0.25) is 4.79 Å². The number of sulfonamides is 1. The summed E-state index contributed by atoms with van der Waals surface area (Å²) in [6.07, 6.45) is 7.48. The van der Waals surface area contributed by atoms with Gasteiger partial charge in [-0.15, -0.1) is 0 Å². The van der Waals surface area contributed by atoms with Crippen molar-refractivity contribution in [3.63, 3.8) is 0 Å². The van der Waals surface area contributed by atoms with Gasteiger partial charge in [0.2, 0.25) is 10.0 Å². The molecule has 2 atom stereocenters. The first kappa shape index (κ1) is 20.5. The summed E-state index contributed by atoms with van der Waals surface area (Å²) < 4.78 is 27.7. The topological polar surface area (TPSA) is 107 Å². The number of imidazole rings is 1. The van der Waals surface area contributed by atoms with Crippen LogP contribution in [0.1, 0.15) is 17.8 Å². The van der Waals surface area contributed by atoms with E-state index in [2.05, 4.69) is 27.2 Å². The van der Waals surface area contributed by atoms with Gasteiger partial charge in [-0.2, -0.15) is 4.31 Å². The van der Waals surface area contributed by atoms with Gasteiger partial charge in [-0.25, -0.2) is 13.4 Å². The molecule has 0 saturated carbocycles. The number of aromatic nitrogens is 2. The third-order valence-corrected chi connectivity index (χ3v) is 7.57. The number of fused-ring (bicyclic) bond motifs is 1. The van der Waals surface area contributed by atoms with Crippen LogP contribution in [0.2, 0.25) is 0 Å². The maximum atomic E-state index is 13.0. The highest BCUT2D eigenvalue weighted by Crippen LogP contribution is 2.32. The summed E-state index contributed by atoms with van der Waals surface area (Å²) in [5.41, 5.74) is 1.12. The number of hydrogen-bond donors (Lipinski definition) is 3. The lowest BCUT2D eigenvalue weighted by atomic mass is 10.1. The quantitative estimate of drug-likeness (QED) is 0.456. The molecule has 0 aliphatic carbocycles. The lowest BCUT2D eigenvalue weighted by Crippen LogP contribution is -2.39. The molecule has 2 aliphatic heterocycles. The maximum absolute atomic E-state index is 13.0. The summed E-state index contributed by atoms with van der Waals surface area (Å²) in [5.74, 6) is 0.744. The molecule has 9 heteroatoms. The predicted octanol–water partition coefficient (Wildman–Crippen LogP) is 1.28. The molecule has 0 radical (unpaired) electrons. The van der Waals surface area contributed by atoms with Crippen LogP contribution in [0.3, 0.4) is 0 Å². The summed E-state index contributed by atoms with van der Waals surface area (Å²) in [6.45, 7) is 6.21. The molecule has 1 amide bonds. The van der Waals surface area contributed by atoms with Gasteiger partial charge in [0.15, 0.2) is 0 Å². The van der Waals surface area contributed by atoms with Crippen molar-refractivity contribution in [2.24, 2.45) is 5.92 Å². The summed E-state index contributed by atoms with van der Waals surface area (Å²) >= 11 is 0. The molecule has 30 heavy (non-hydrogen) atoms. The number of H-pyrrole nitrogens is 1. The molecule has 0 bridgehead atoms. The number of aromatic amines is 1. The van der Waals surface area contributed by atoms with E-state index in [4.69, 9.17) is 0 Å². The van der Waals surface area contributed by atoms with Crippen molar-refractivity contribution in [2.75, 3.05) is 19.6 Å². The highest BCUT2D eigenvalue weighted by atomic mass is 32.2. The van der Waals surface area contributed by atoms with Gasteiger partial charge in [0.1, 0.15) is 5.82 Å². The molecule has 2 aromatic rings. The van der Waals surface area contributed by atoms with Crippen LogP contribution in [-0.4, -0.2) is 54.3 Å². The molecule has 158 valence electrons. The molecular formula is C21H25N5O3S. The Bertz CT molecular complexity index is 1040. The van der Waals surface area contributed by atoms with Crippen LogP contribution in [0.5, 0.6) is 0 Å². The summed E-state index contributed by atoms with van der Waals surface area (Å²) in [6, 6.07) is 6.73. The summed E-state index contributed by atoms with van der Waals surface area (Å²) in [7, 11) is -3.51. The Morgan fingerprint density at radius 2 is 2.10 bits per heavy atom. The Morgan fingerprint density at radius 3 is 2.83 bits per heavy atom. The molecule has 3 N–H and O–H groups in total. The first-order valence-corrected chi connectivity index (χ1v) is 11.4. The van der Waals surface area contributed by atoms with Crippen LogP contribution >= 0.6 is 0 Å². The minimum atomic E-state index is -3.51. The molecule has 2 unspecified atom stereocenters. The number of carbonyl (C=O) groups is 1. The van der Waals surface area contributed by atoms with Gasteiger partial charge in [0, 0.05) is 43.6 Å². The van der Waals surface area contributed by atoms with Crippen LogP contribution in [-0.2, 0) is 21.4 Å². The zero-order chi connectivity index (χ0) is 21.1. The normalized spacial score (nSPS) is 21.7. The molecule has 3 heterocycles. The van der Waals surface area contributed by atoms with Crippen LogP contribution in [0.25, 0.3) is 6.08 Å². The molecular weight excluding hydrogens is 402 g/mol. The van der Waals surface area contributed by atoms with Crippen LogP contribution in [0.4, 0.5) is 0 Å². The van der Waals surface area contributed by atoms with E-state index in [0.29, 0.717) is 30.4 Å². The Kier molecular flexibility index (Phi) is 5.85. The molecule has 2 saturated heterocycles. The Hall–Kier alpha value is -2.75. The second kappa shape index (κ2) is 8.55. The number of nitrogens with zero attached hydrogens (tertiary/aromatic N) is 2. The van der Waals surface area contributed by atoms with Crippen molar-refractivity contribution in [2.45, 2.75) is 23.9 Å². The van der Waals surface area contributed by atoms with Gasteiger partial charge in [-0.05, 0) is 48.7 Å². The largest absolute Gasteiger partial charge is 0.348 e. The number of carbonyl (C=O) groups excluding carboxylic acids is 1. The fourth-order valence-electron chi connectivity index (χ4n) is 3.94. The molecule has 2 aliphatic rings. The van der Waals surface area contributed by atoms with Gasteiger partial charge < -0.3 is 15.6 Å².